The van der Waals surface area contributed by atoms with Crippen molar-refractivity contribution in [2.45, 2.75) is 26.4 Å². The van der Waals surface area contributed by atoms with Gasteiger partial charge in [0.1, 0.15) is 12.5 Å². The van der Waals surface area contributed by atoms with Crippen LogP contribution in [-0.4, -0.2) is 24.6 Å². The van der Waals surface area contributed by atoms with Gasteiger partial charge in [-0.3, -0.25) is 9.59 Å². The van der Waals surface area contributed by atoms with Gasteiger partial charge in [0.25, 0.3) is 0 Å². The predicted octanol–water partition coefficient (Wildman–Crippen LogP) is 4.22. The van der Waals surface area contributed by atoms with Crippen molar-refractivity contribution < 1.29 is 19.2 Å². The van der Waals surface area contributed by atoms with Crippen molar-refractivity contribution in [1.29, 1.82) is 0 Å². The summed E-state index contributed by atoms with van der Waals surface area (Å²) in [4.78, 5) is 29.8. The molecule has 0 aliphatic carbocycles. The lowest BCUT2D eigenvalue weighted by Crippen LogP contribution is -2.28. The fourth-order valence-corrected chi connectivity index (χ4v) is 2.69. The van der Waals surface area contributed by atoms with E-state index in [9.17, 15) is 9.59 Å². The Bertz CT molecular complexity index is 777. The number of halogens is 1. The number of nitrogens with zero attached hydrogens (tertiary/aromatic N) is 1. The van der Waals surface area contributed by atoms with Gasteiger partial charge in [0.2, 0.25) is 0 Å². The summed E-state index contributed by atoms with van der Waals surface area (Å²) in [6.07, 6.45) is 1.66. The van der Waals surface area contributed by atoms with E-state index in [0.29, 0.717) is 11.4 Å². The molecule has 0 N–H and O–H groups in total. The van der Waals surface area contributed by atoms with Gasteiger partial charge in [-0.1, -0.05) is 59.2 Å². The van der Waals surface area contributed by atoms with Gasteiger partial charge >= 0.3 is 5.97 Å². The maximum Gasteiger partial charge on any atom is 0.316 e. The number of carbonyl (C=O) groups is 2. The fraction of sp³-hybridized carbons (Fsp3) is 0.286. The van der Waals surface area contributed by atoms with Gasteiger partial charge in [-0.15, -0.1) is 0 Å². The number of hydrogen-bond donors (Lipinski definition) is 0. The van der Waals surface area contributed by atoms with E-state index in [2.05, 4.69) is 5.16 Å². The standard InChI is InChI=1S/C21H22ClNO4/c1-2-26-21(25)19(14-16-7-4-3-5-8-16)20(24)11-12-23-27-15-17-9-6-10-18(22)13-17/h3-10,12-13,19H,2,11,14-15H2,1H3/b23-12-. The fourth-order valence-electron chi connectivity index (χ4n) is 2.48. The molecule has 2 rings (SSSR count). The Morgan fingerprint density at radius 2 is 1.85 bits per heavy atom. The molecule has 2 aromatic rings. The molecule has 0 radical (unpaired) electrons. The summed E-state index contributed by atoms with van der Waals surface area (Å²) in [7, 11) is 0. The highest BCUT2D eigenvalue weighted by Gasteiger charge is 2.27. The molecule has 2 aromatic carbocycles. The van der Waals surface area contributed by atoms with E-state index in [4.69, 9.17) is 21.2 Å². The van der Waals surface area contributed by atoms with Crippen molar-refractivity contribution in [2.24, 2.45) is 11.1 Å². The largest absolute Gasteiger partial charge is 0.465 e. The molecule has 0 aromatic heterocycles. The molecule has 0 amide bonds. The number of hydrogen-bond acceptors (Lipinski definition) is 5. The minimum atomic E-state index is -0.855. The minimum absolute atomic E-state index is 0.00808. The molecule has 0 aliphatic rings. The number of esters is 1. The van der Waals surface area contributed by atoms with E-state index in [1.54, 1.807) is 19.1 Å². The van der Waals surface area contributed by atoms with Crippen LogP contribution < -0.4 is 0 Å². The van der Waals surface area contributed by atoms with Gasteiger partial charge in [0.05, 0.1) is 12.8 Å². The first kappa shape index (κ1) is 20.6. The molecule has 0 saturated carbocycles. The monoisotopic (exact) mass is 387 g/mol. The lowest BCUT2D eigenvalue weighted by atomic mass is 9.94. The average molecular weight is 388 g/mol. The summed E-state index contributed by atoms with van der Waals surface area (Å²) in [5.74, 6) is -1.63. The van der Waals surface area contributed by atoms with Gasteiger partial charge < -0.3 is 9.57 Å². The normalized spacial score (nSPS) is 11.9. The lowest BCUT2D eigenvalue weighted by molar-refractivity contribution is -0.151. The lowest BCUT2D eigenvalue weighted by Gasteiger charge is -2.13. The van der Waals surface area contributed by atoms with Gasteiger partial charge in [-0.25, -0.2) is 0 Å². The third kappa shape index (κ3) is 7.23. The highest BCUT2D eigenvalue weighted by molar-refractivity contribution is 6.30. The number of ether oxygens (including phenoxy) is 1. The van der Waals surface area contributed by atoms with Gasteiger partial charge in [-0.2, -0.15) is 0 Å². The Hall–Kier alpha value is -2.66. The van der Waals surface area contributed by atoms with Crippen molar-refractivity contribution in [3.8, 4) is 0 Å². The second-order valence-corrected chi connectivity index (χ2v) is 6.29. The smallest absolute Gasteiger partial charge is 0.316 e. The van der Waals surface area contributed by atoms with Gasteiger partial charge in [0.15, 0.2) is 5.78 Å². The molecule has 0 spiro atoms. The maximum absolute atomic E-state index is 12.5. The summed E-state index contributed by atoms with van der Waals surface area (Å²) in [5, 5.41) is 4.41. The summed E-state index contributed by atoms with van der Waals surface area (Å²) in [6.45, 7) is 2.19. The van der Waals surface area contributed by atoms with E-state index in [1.165, 1.54) is 6.21 Å². The van der Waals surface area contributed by atoms with Crippen LogP contribution in [0.1, 0.15) is 24.5 Å². The molecule has 5 nitrogen and oxygen atoms in total. The SMILES string of the molecule is CCOC(=O)C(Cc1ccccc1)C(=O)C/C=N\OCc1cccc(Cl)c1. The minimum Gasteiger partial charge on any atom is -0.465 e. The van der Waals surface area contributed by atoms with Crippen molar-refractivity contribution in [3.05, 3.63) is 70.7 Å². The van der Waals surface area contributed by atoms with Gasteiger partial charge in [0, 0.05) is 11.4 Å². The molecule has 27 heavy (non-hydrogen) atoms. The van der Waals surface area contributed by atoms with Crippen LogP contribution in [0.4, 0.5) is 0 Å². The topological polar surface area (TPSA) is 65.0 Å². The van der Waals surface area contributed by atoms with Gasteiger partial charge in [-0.05, 0) is 36.6 Å². The molecule has 0 heterocycles. The number of rotatable bonds is 10. The molecule has 0 fully saturated rings. The molecular formula is C21H22ClNO4. The third-order valence-corrected chi connectivity index (χ3v) is 4.04. The Balaban J connectivity index is 1.89. The number of carbonyl (C=O) groups excluding carboxylic acids is 2. The average Bonchev–Trinajstić information content (AvgIpc) is 2.66. The molecule has 1 atom stereocenters. The third-order valence-electron chi connectivity index (χ3n) is 3.80. The highest BCUT2D eigenvalue weighted by atomic mass is 35.5. The van der Waals surface area contributed by atoms with E-state index < -0.39 is 11.9 Å². The first-order valence-electron chi connectivity index (χ1n) is 8.71. The Labute approximate surface area is 163 Å². The zero-order chi connectivity index (χ0) is 19.5. The maximum atomic E-state index is 12.5. The molecule has 1 unspecified atom stereocenters. The zero-order valence-corrected chi connectivity index (χ0v) is 15.9. The van der Waals surface area contributed by atoms with Crippen molar-refractivity contribution in [2.75, 3.05) is 6.61 Å². The summed E-state index contributed by atoms with van der Waals surface area (Å²) < 4.78 is 5.05. The van der Waals surface area contributed by atoms with E-state index in [1.807, 2.05) is 42.5 Å². The molecule has 0 saturated heterocycles. The predicted molar refractivity (Wildman–Crippen MR) is 105 cm³/mol. The van der Waals surface area contributed by atoms with E-state index in [-0.39, 0.29) is 25.4 Å². The molecular weight excluding hydrogens is 366 g/mol. The second-order valence-electron chi connectivity index (χ2n) is 5.86. The Morgan fingerprint density at radius 3 is 2.56 bits per heavy atom. The Kier molecular flexibility index (Phi) is 8.52. The molecule has 142 valence electrons. The van der Waals surface area contributed by atoms with Crippen LogP contribution >= 0.6 is 11.6 Å². The summed E-state index contributed by atoms with van der Waals surface area (Å²) in [5.41, 5.74) is 1.78. The second kappa shape index (κ2) is 11.1. The van der Waals surface area contributed by atoms with Crippen LogP contribution in [0, 0.1) is 5.92 Å². The number of benzene rings is 2. The zero-order valence-electron chi connectivity index (χ0n) is 15.1. The van der Waals surface area contributed by atoms with E-state index >= 15 is 0 Å². The quantitative estimate of drug-likeness (QED) is 0.265. The molecule has 0 bridgehead atoms. The Morgan fingerprint density at radius 1 is 1.11 bits per heavy atom. The number of oxime groups is 1. The van der Waals surface area contributed by atoms with Crippen molar-refractivity contribution >= 4 is 29.6 Å². The van der Waals surface area contributed by atoms with Crippen molar-refractivity contribution in [1.82, 2.24) is 0 Å². The first-order chi connectivity index (χ1) is 13.1. The number of ketones is 1. The summed E-state index contributed by atoms with van der Waals surface area (Å²) >= 11 is 5.90. The van der Waals surface area contributed by atoms with Crippen LogP contribution in [-0.2, 0) is 32.2 Å². The summed E-state index contributed by atoms with van der Waals surface area (Å²) in [6, 6.07) is 16.6. The number of Topliss-reactive ketones (excluding diaryl/α,β-unsaturated/α-hetero) is 1. The van der Waals surface area contributed by atoms with Crippen molar-refractivity contribution in [3.63, 3.8) is 0 Å². The van der Waals surface area contributed by atoms with Crippen LogP contribution in [0.15, 0.2) is 59.8 Å². The van der Waals surface area contributed by atoms with Crippen LogP contribution in [0.25, 0.3) is 0 Å². The van der Waals surface area contributed by atoms with Crippen LogP contribution in [0.3, 0.4) is 0 Å². The highest BCUT2D eigenvalue weighted by Crippen LogP contribution is 2.14. The van der Waals surface area contributed by atoms with Crippen LogP contribution in [0.2, 0.25) is 5.02 Å². The first-order valence-corrected chi connectivity index (χ1v) is 9.09. The molecule has 6 heteroatoms. The van der Waals surface area contributed by atoms with Crippen LogP contribution in [0.5, 0.6) is 0 Å². The van der Waals surface area contributed by atoms with E-state index in [0.717, 1.165) is 11.1 Å². The molecule has 0 aliphatic heterocycles.